The summed E-state index contributed by atoms with van der Waals surface area (Å²) in [6.07, 6.45) is 0. The predicted octanol–water partition coefficient (Wildman–Crippen LogP) is 9.22. The van der Waals surface area contributed by atoms with Crippen LogP contribution in [0.25, 0.3) is 11.1 Å². The van der Waals surface area contributed by atoms with Gasteiger partial charge in [-0.25, -0.2) is 13.1 Å². The van der Waals surface area contributed by atoms with Gasteiger partial charge in [-0.3, -0.25) is 9.69 Å². The van der Waals surface area contributed by atoms with Gasteiger partial charge in [-0.05, 0) is 95.2 Å². The van der Waals surface area contributed by atoms with Gasteiger partial charge in [0.05, 0.1) is 10.5 Å². The Kier molecular flexibility index (Phi) is 11.1. The third-order valence-corrected chi connectivity index (χ3v) is 11.7. The van der Waals surface area contributed by atoms with Crippen molar-refractivity contribution < 1.29 is 17.9 Å². The molecule has 11 heteroatoms. The van der Waals surface area contributed by atoms with Gasteiger partial charge in [0.15, 0.2) is 0 Å². The first-order valence-electron chi connectivity index (χ1n) is 17.3. The van der Waals surface area contributed by atoms with Crippen molar-refractivity contribution in [3.8, 4) is 22.6 Å². The zero-order chi connectivity index (χ0) is 36.8. The Balaban J connectivity index is 1.05. The number of carbonyl (C=O) groups excluding carboxylic acids is 1. The van der Waals surface area contributed by atoms with Gasteiger partial charge in [0, 0.05) is 66.6 Å². The number of piperazine rings is 1. The summed E-state index contributed by atoms with van der Waals surface area (Å²) in [7, 11) is -4.18. The molecule has 2 N–H and O–H groups in total. The fraction of sp³-hybridized carbons (Fsp3) is 0.167. The molecule has 1 aliphatic heterocycles. The molecule has 2 heterocycles. The van der Waals surface area contributed by atoms with E-state index in [9.17, 15) is 13.2 Å². The third-order valence-electron chi connectivity index (χ3n) is 9.25. The molecule has 6 aromatic rings. The van der Waals surface area contributed by atoms with Gasteiger partial charge in [-0.1, -0.05) is 72.3 Å². The van der Waals surface area contributed by atoms with Crippen LogP contribution in [0.3, 0.4) is 0 Å². The van der Waals surface area contributed by atoms with E-state index in [-0.39, 0.29) is 16.2 Å². The average molecular weight is 763 g/mol. The lowest BCUT2D eigenvalue weighted by atomic mass is 9.99. The number of para-hydroxylation sites is 1. The summed E-state index contributed by atoms with van der Waals surface area (Å²) >= 11 is 7.79. The van der Waals surface area contributed by atoms with E-state index in [4.69, 9.17) is 16.3 Å². The van der Waals surface area contributed by atoms with Crippen LogP contribution in [-0.4, -0.2) is 45.4 Å². The van der Waals surface area contributed by atoms with Crippen LogP contribution in [0.5, 0.6) is 11.5 Å². The van der Waals surface area contributed by atoms with Crippen LogP contribution in [0, 0.1) is 6.92 Å². The van der Waals surface area contributed by atoms with Crippen LogP contribution < -0.4 is 19.7 Å². The highest BCUT2D eigenvalue weighted by atomic mass is 35.5. The smallest absolute Gasteiger partial charge is 0.268 e. The molecule has 1 aromatic heterocycles. The number of sulfonamides is 1. The van der Waals surface area contributed by atoms with Crippen molar-refractivity contribution in [1.82, 2.24) is 9.62 Å². The molecule has 0 unspecified atom stereocenters. The standard InChI is InChI=1S/C42H39ClN4O4S2/c1-30-26-37(18-20-40(30)44-28-36-11-7-25-52-36)53(49,50)45-42(48)39-19-17-34(27-41(39)51-35-9-3-2-4-10-35)47-23-21-46(22-24-47)29-32-8-5-6-12-38(32)31-13-15-33(43)16-14-31/h2-20,25-27,44H,21-24,28-29H2,1H3,(H,45,48). The topological polar surface area (TPSA) is 91.0 Å². The van der Waals surface area contributed by atoms with Gasteiger partial charge >= 0.3 is 0 Å². The van der Waals surface area contributed by atoms with Gasteiger partial charge in [0.2, 0.25) is 0 Å². The number of anilines is 2. The van der Waals surface area contributed by atoms with Crippen LogP contribution >= 0.6 is 22.9 Å². The lowest BCUT2D eigenvalue weighted by Crippen LogP contribution is -2.46. The second-order valence-corrected chi connectivity index (χ2v) is 16.0. The van der Waals surface area contributed by atoms with Crippen molar-refractivity contribution in [1.29, 1.82) is 0 Å². The molecule has 0 spiro atoms. The molecule has 0 aliphatic carbocycles. The lowest BCUT2D eigenvalue weighted by Gasteiger charge is -2.36. The number of benzene rings is 5. The zero-order valence-electron chi connectivity index (χ0n) is 29.2. The molecule has 0 atom stereocenters. The minimum Gasteiger partial charge on any atom is -0.456 e. The minimum atomic E-state index is -4.18. The molecule has 53 heavy (non-hydrogen) atoms. The summed E-state index contributed by atoms with van der Waals surface area (Å²) in [6.45, 7) is 6.50. The largest absolute Gasteiger partial charge is 0.456 e. The highest BCUT2D eigenvalue weighted by Gasteiger charge is 2.25. The van der Waals surface area contributed by atoms with E-state index in [0.29, 0.717) is 17.3 Å². The van der Waals surface area contributed by atoms with Crippen molar-refractivity contribution in [2.45, 2.75) is 24.9 Å². The summed E-state index contributed by atoms with van der Waals surface area (Å²) in [5.41, 5.74) is 6.16. The van der Waals surface area contributed by atoms with E-state index in [1.165, 1.54) is 22.1 Å². The van der Waals surface area contributed by atoms with E-state index in [2.05, 4.69) is 56.2 Å². The number of aryl methyl sites for hydroxylation is 1. The first-order chi connectivity index (χ1) is 25.7. The maximum atomic E-state index is 13.7. The second-order valence-electron chi connectivity index (χ2n) is 12.9. The molecule has 8 nitrogen and oxygen atoms in total. The molecule has 1 aliphatic rings. The van der Waals surface area contributed by atoms with Crippen molar-refractivity contribution in [3.63, 3.8) is 0 Å². The van der Waals surface area contributed by atoms with Crippen molar-refractivity contribution in [2.24, 2.45) is 0 Å². The number of thiophene rings is 1. The van der Waals surface area contributed by atoms with E-state index >= 15 is 0 Å². The van der Waals surface area contributed by atoms with Crippen LogP contribution in [0.4, 0.5) is 11.4 Å². The molecule has 0 saturated carbocycles. The Morgan fingerprint density at radius 1 is 0.830 bits per heavy atom. The molecule has 1 fully saturated rings. The monoisotopic (exact) mass is 762 g/mol. The van der Waals surface area contributed by atoms with Crippen LogP contribution in [0.15, 0.2) is 138 Å². The second kappa shape index (κ2) is 16.3. The number of halogens is 1. The fourth-order valence-electron chi connectivity index (χ4n) is 6.40. The number of ether oxygens (including phenoxy) is 1. The van der Waals surface area contributed by atoms with E-state index in [0.717, 1.165) is 55.2 Å². The van der Waals surface area contributed by atoms with Gasteiger partial charge in [-0.2, -0.15) is 0 Å². The summed E-state index contributed by atoms with van der Waals surface area (Å²) < 4.78 is 35.4. The molecule has 5 aromatic carbocycles. The predicted molar refractivity (Wildman–Crippen MR) is 215 cm³/mol. The van der Waals surface area contributed by atoms with E-state index in [1.807, 2.05) is 66.9 Å². The highest BCUT2D eigenvalue weighted by Crippen LogP contribution is 2.32. The quantitative estimate of drug-likeness (QED) is 0.129. The number of hydrogen-bond donors (Lipinski definition) is 2. The first-order valence-corrected chi connectivity index (χ1v) is 20.1. The lowest BCUT2D eigenvalue weighted by molar-refractivity contribution is 0.0979. The Labute approximate surface area is 319 Å². The average Bonchev–Trinajstić information content (AvgIpc) is 3.69. The van der Waals surface area contributed by atoms with Gasteiger partial charge in [0.25, 0.3) is 15.9 Å². The molecule has 0 bridgehead atoms. The van der Waals surface area contributed by atoms with Crippen molar-refractivity contribution >= 4 is 50.2 Å². The van der Waals surface area contributed by atoms with Gasteiger partial charge in [-0.15, -0.1) is 11.3 Å². The van der Waals surface area contributed by atoms with Crippen molar-refractivity contribution in [3.05, 3.63) is 159 Å². The number of nitrogens with zero attached hydrogens (tertiary/aromatic N) is 2. The normalized spacial score (nSPS) is 13.4. The number of hydrogen-bond acceptors (Lipinski definition) is 8. The van der Waals surface area contributed by atoms with Crippen LogP contribution in [-0.2, 0) is 23.1 Å². The summed E-state index contributed by atoms with van der Waals surface area (Å²) in [6, 6.07) is 39.7. The van der Waals surface area contributed by atoms with E-state index in [1.54, 1.807) is 41.7 Å². The van der Waals surface area contributed by atoms with Gasteiger partial charge < -0.3 is 15.0 Å². The molecule has 7 rings (SSSR count). The number of amides is 1. The molecule has 1 saturated heterocycles. The summed E-state index contributed by atoms with van der Waals surface area (Å²) in [5.74, 6) is 0.0289. The van der Waals surface area contributed by atoms with Crippen LogP contribution in [0.1, 0.15) is 26.4 Å². The minimum absolute atomic E-state index is 0.000770. The molecule has 1 amide bonds. The third kappa shape index (κ3) is 8.92. The SMILES string of the molecule is Cc1cc(S(=O)(=O)NC(=O)c2ccc(N3CCN(Cc4ccccc4-c4ccc(Cl)cc4)CC3)cc2Oc2ccccc2)ccc1NCc1cccs1. The molecular weight excluding hydrogens is 724 g/mol. The number of nitrogens with one attached hydrogen (secondary N) is 2. The molecule has 0 radical (unpaired) electrons. The first kappa shape index (κ1) is 36.2. The van der Waals surface area contributed by atoms with Crippen molar-refractivity contribution in [2.75, 3.05) is 36.4 Å². The number of carbonyl (C=O) groups is 1. The van der Waals surface area contributed by atoms with Crippen LogP contribution in [0.2, 0.25) is 5.02 Å². The Morgan fingerprint density at radius 3 is 2.32 bits per heavy atom. The maximum absolute atomic E-state index is 13.7. The van der Waals surface area contributed by atoms with Gasteiger partial charge in [0.1, 0.15) is 11.5 Å². The molecule has 270 valence electrons. The zero-order valence-corrected chi connectivity index (χ0v) is 31.6. The number of rotatable bonds is 12. The Morgan fingerprint density at radius 2 is 1.58 bits per heavy atom. The summed E-state index contributed by atoms with van der Waals surface area (Å²) in [4.78, 5) is 19.5. The highest BCUT2D eigenvalue weighted by molar-refractivity contribution is 7.90. The fourth-order valence-corrected chi connectivity index (χ4v) is 8.22. The Hall–Kier alpha value is -5.13. The van der Waals surface area contributed by atoms with E-state index < -0.39 is 15.9 Å². The maximum Gasteiger partial charge on any atom is 0.268 e. The molecular formula is C42H39ClN4O4S2. The summed E-state index contributed by atoms with van der Waals surface area (Å²) in [5, 5.41) is 6.08. The Bertz CT molecular complexity index is 2290.